The first-order valence-corrected chi connectivity index (χ1v) is 6.02. The fourth-order valence-corrected chi connectivity index (χ4v) is 1.75. The van der Waals surface area contributed by atoms with E-state index >= 15 is 0 Å². The van der Waals surface area contributed by atoms with Crippen LogP contribution in [0.3, 0.4) is 0 Å². The molecular formula is C14H17NO3. The van der Waals surface area contributed by atoms with Crippen molar-refractivity contribution in [2.24, 2.45) is 0 Å². The van der Waals surface area contributed by atoms with E-state index in [1.807, 2.05) is 30.3 Å². The monoisotopic (exact) mass is 247 g/mol. The molecule has 0 radical (unpaired) electrons. The quantitative estimate of drug-likeness (QED) is 0.869. The fraction of sp³-hybridized carbons (Fsp3) is 0.357. The molecule has 0 spiro atoms. The van der Waals surface area contributed by atoms with Crippen LogP contribution in [0.15, 0.2) is 34.7 Å². The Labute approximate surface area is 106 Å². The molecule has 2 unspecified atom stereocenters. The number of nitrogens with one attached hydrogen (secondary N) is 1. The number of hydrogen-bond donors (Lipinski definition) is 2. The molecule has 2 aromatic rings. The van der Waals surface area contributed by atoms with Crippen LogP contribution in [0.4, 0.5) is 0 Å². The Morgan fingerprint density at radius 1 is 1.39 bits per heavy atom. The van der Waals surface area contributed by atoms with Crippen LogP contribution >= 0.6 is 0 Å². The summed E-state index contributed by atoms with van der Waals surface area (Å²) in [5, 5.41) is 12.8. The molecule has 4 nitrogen and oxygen atoms in total. The van der Waals surface area contributed by atoms with E-state index in [1.54, 1.807) is 13.8 Å². The highest BCUT2D eigenvalue weighted by molar-refractivity contribution is 5.85. The summed E-state index contributed by atoms with van der Waals surface area (Å²) >= 11 is 0. The van der Waals surface area contributed by atoms with Gasteiger partial charge in [-0.1, -0.05) is 18.2 Å². The number of carbonyl (C=O) groups is 1. The predicted octanol–water partition coefficient (Wildman–Crippen LogP) is 2.03. The molecule has 2 atom stereocenters. The van der Waals surface area contributed by atoms with Gasteiger partial charge in [0.25, 0.3) is 0 Å². The maximum Gasteiger partial charge on any atom is 0.230 e. The van der Waals surface area contributed by atoms with Crippen LogP contribution in [0.2, 0.25) is 0 Å². The van der Waals surface area contributed by atoms with Crippen molar-refractivity contribution in [2.75, 3.05) is 6.54 Å². The molecule has 1 aromatic carbocycles. The van der Waals surface area contributed by atoms with E-state index in [4.69, 9.17) is 9.52 Å². The third-order valence-electron chi connectivity index (χ3n) is 2.84. The number of aliphatic hydroxyl groups is 1. The standard InChI is InChI=1S/C14H17NO3/c1-9(16)8-15-14(17)10(2)13-7-11-5-3-4-6-12(11)18-13/h3-7,9-10,16H,8H2,1-2H3,(H,15,17). The van der Waals surface area contributed by atoms with Crippen LogP contribution in [-0.2, 0) is 4.79 Å². The molecule has 2 rings (SSSR count). The molecule has 0 aliphatic rings. The van der Waals surface area contributed by atoms with Gasteiger partial charge in [0.1, 0.15) is 11.3 Å². The molecule has 0 aliphatic heterocycles. The van der Waals surface area contributed by atoms with Crippen LogP contribution in [0.25, 0.3) is 11.0 Å². The van der Waals surface area contributed by atoms with Crippen molar-refractivity contribution in [3.05, 3.63) is 36.1 Å². The van der Waals surface area contributed by atoms with Crippen LogP contribution < -0.4 is 5.32 Å². The van der Waals surface area contributed by atoms with E-state index < -0.39 is 6.10 Å². The number of amides is 1. The topological polar surface area (TPSA) is 62.5 Å². The highest BCUT2D eigenvalue weighted by Crippen LogP contribution is 2.24. The zero-order valence-corrected chi connectivity index (χ0v) is 10.5. The van der Waals surface area contributed by atoms with Gasteiger partial charge in [-0.05, 0) is 26.0 Å². The number of para-hydroxylation sites is 1. The third kappa shape index (κ3) is 2.71. The number of rotatable bonds is 4. The average Bonchev–Trinajstić information content (AvgIpc) is 2.78. The van der Waals surface area contributed by atoms with E-state index in [1.165, 1.54) is 0 Å². The number of benzene rings is 1. The average molecular weight is 247 g/mol. The van der Waals surface area contributed by atoms with Crippen molar-refractivity contribution in [1.29, 1.82) is 0 Å². The summed E-state index contributed by atoms with van der Waals surface area (Å²) < 4.78 is 5.63. The minimum atomic E-state index is -0.545. The van der Waals surface area contributed by atoms with Crippen molar-refractivity contribution < 1.29 is 14.3 Å². The van der Waals surface area contributed by atoms with Gasteiger partial charge in [0.05, 0.1) is 12.0 Å². The summed E-state index contributed by atoms with van der Waals surface area (Å²) in [6, 6.07) is 9.53. The van der Waals surface area contributed by atoms with Gasteiger partial charge in [-0.15, -0.1) is 0 Å². The van der Waals surface area contributed by atoms with Gasteiger partial charge in [0, 0.05) is 11.9 Å². The molecule has 96 valence electrons. The van der Waals surface area contributed by atoms with Gasteiger partial charge in [0.15, 0.2) is 0 Å². The molecule has 0 aliphatic carbocycles. The SMILES string of the molecule is CC(O)CNC(=O)C(C)c1cc2ccccc2o1. The minimum Gasteiger partial charge on any atom is -0.460 e. The number of hydrogen-bond acceptors (Lipinski definition) is 3. The van der Waals surface area contributed by atoms with E-state index in [0.717, 1.165) is 11.0 Å². The van der Waals surface area contributed by atoms with E-state index in [0.29, 0.717) is 5.76 Å². The van der Waals surface area contributed by atoms with Crippen LogP contribution in [0.5, 0.6) is 0 Å². The van der Waals surface area contributed by atoms with Crippen molar-refractivity contribution in [2.45, 2.75) is 25.9 Å². The smallest absolute Gasteiger partial charge is 0.230 e. The lowest BCUT2D eigenvalue weighted by atomic mass is 10.1. The first-order chi connectivity index (χ1) is 8.58. The zero-order chi connectivity index (χ0) is 13.1. The molecular weight excluding hydrogens is 230 g/mol. The van der Waals surface area contributed by atoms with Crippen LogP contribution in [0.1, 0.15) is 25.5 Å². The molecule has 4 heteroatoms. The van der Waals surface area contributed by atoms with Gasteiger partial charge in [-0.25, -0.2) is 0 Å². The number of furan rings is 1. The molecule has 0 saturated carbocycles. The van der Waals surface area contributed by atoms with Gasteiger partial charge in [-0.2, -0.15) is 0 Å². The summed E-state index contributed by atoms with van der Waals surface area (Å²) in [7, 11) is 0. The second kappa shape index (κ2) is 5.23. The first kappa shape index (κ1) is 12.6. The van der Waals surface area contributed by atoms with Gasteiger partial charge >= 0.3 is 0 Å². The van der Waals surface area contributed by atoms with Gasteiger partial charge in [-0.3, -0.25) is 4.79 Å². The zero-order valence-electron chi connectivity index (χ0n) is 10.5. The van der Waals surface area contributed by atoms with Crippen molar-refractivity contribution in [1.82, 2.24) is 5.32 Å². The summed E-state index contributed by atoms with van der Waals surface area (Å²) in [5.41, 5.74) is 0.780. The minimum absolute atomic E-state index is 0.144. The molecule has 1 amide bonds. The Bertz CT molecular complexity index is 512. The first-order valence-electron chi connectivity index (χ1n) is 6.02. The maximum absolute atomic E-state index is 11.8. The Hall–Kier alpha value is -1.81. The largest absolute Gasteiger partial charge is 0.460 e. The highest BCUT2D eigenvalue weighted by Gasteiger charge is 2.19. The fourth-order valence-electron chi connectivity index (χ4n) is 1.75. The predicted molar refractivity (Wildman–Crippen MR) is 69.3 cm³/mol. The molecule has 0 bridgehead atoms. The van der Waals surface area contributed by atoms with E-state index in [9.17, 15) is 4.79 Å². The summed E-state index contributed by atoms with van der Waals surface area (Å²) in [6.07, 6.45) is -0.545. The number of aliphatic hydroxyl groups excluding tert-OH is 1. The highest BCUT2D eigenvalue weighted by atomic mass is 16.3. The number of fused-ring (bicyclic) bond motifs is 1. The van der Waals surface area contributed by atoms with Crippen molar-refractivity contribution in [3.8, 4) is 0 Å². The normalized spacial score (nSPS) is 14.4. The second-order valence-corrected chi connectivity index (χ2v) is 4.50. The lowest BCUT2D eigenvalue weighted by Crippen LogP contribution is -2.33. The van der Waals surface area contributed by atoms with Crippen LogP contribution in [0, 0.1) is 0 Å². The lowest BCUT2D eigenvalue weighted by Gasteiger charge is -2.10. The van der Waals surface area contributed by atoms with E-state index in [2.05, 4.69) is 5.32 Å². The second-order valence-electron chi connectivity index (χ2n) is 4.50. The maximum atomic E-state index is 11.8. The molecule has 0 saturated heterocycles. The molecule has 18 heavy (non-hydrogen) atoms. The van der Waals surface area contributed by atoms with Gasteiger partial charge < -0.3 is 14.8 Å². The molecule has 1 heterocycles. The molecule has 0 fully saturated rings. The van der Waals surface area contributed by atoms with Crippen LogP contribution in [-0.4, -0.2) is 23.7 Å². The third-order valence-corrected chi connectivity index (χ3v) is 2.84. The summed E-state index contributed by atoms with van der Waals surface area (Å²) in [6.45, 7) is 3.67. The van der Waals surface area contributed by atoms with E-state index in [-0.39, 0.29) is 18.4 Å². The Morgan fingerprint density at radius 3 is 2.78 bits per heavy atom. The summed E-state index contributed by atoms with van der Waals surface area (Å²) in [4.78, 5) is 11.8. The van der Waals surface area contributed by atoms with Crippen molar-refractivity contribution >= 4 is 16.9 Å². The lowest BCUT2D eigenvalue weighted by molar-refractivity contribution is -0.122. The Kier molecular flexibility index (Phi) is 3.67. The van der Waals surface area contributed by atoms with Crippen molar-refractivity contribution in [3.63, 3.8) is 0 Å². The number of carbonyl (C=O) groups excluding carboxylic acids is 1. The van der Waals surface area contributed by atoms with Gasteiger partial charge in [0.2, 0.25) is 5.91 Å². The molecule has 2 N–H and O–H groups in total. The Balaban J connectivity index is 2.12. The Morgan fingerprint density at radius 2 is 2.11 bits per heavy atom. The molecule has 1 aromatic heterocycles. The summed E-state index contributed by atoms with van der Waals surface area (Å²) in [5.74, 6) is 0.130.